The molecule has 0 unspecified atom stereocenters. The highest BCUT2D eigenvalue weighted by molar-refractivity contribution is 6.08. The van der Waals surface area contributed by atoms with E-state index in [9.17, 15) is 5.11 Å². The first-order valence-electron chi connectivity index (χ1n) is 8.96. The maximum atomic E-state index is 11.0. The molecule has 3 aliphatic heterocycles. The number of rotatable bonds is 1. The number of phenols is 1. The van der Waals surface area contributed by atoms with Crippen LogP contribution in [-0.4, -0.2) is 32.8 Å². The lowest BCUT2D eigenvalue weighted by Gasteiger charge is -2.33. The summed E-state index contributed by atoms with van der Waals surface area (Å²) >= 11 is 0. The molecule has 0 saturated carbocycles. The molecule has 3 aliphatic rings. The van der Waals surface area contributed by atoms with Crippen LogP contribution in [0.4, 0.5) is 5.69 Å². The van der Waals surface area contributed by atoms with Gasteiger partial charge < -0.3 is 33.7 Å². The molecule has 0 aliphatic carbocycles. The van der Waals surface area contributed by atoms with Gasteiger partial charge in [0, 0.05) is 36.2 Å². The minimum Gasteiger partial charge on any atom is -0.507 e. The Morgan fingerprint density at radius 2 is 1.68 bits per heavy atom. The third-order valence-electron chi connectivity index (χ3n) is 5.56. The van der Waals surface area contributed by atoms with Crippen LogP contribution in [0, 0.1) is 0 Å². The van der Waals surface area contributed by atoms with Crippen molar-refractivity contribution in [1.29, 1.82) is 0 Å². The first kappa shape index (κ1) is 15.6. The van der Waals surface area contributed by atoms with Crippen molar-refractivity contribution in [2.24, 2.45) is 0 Å². The van der Waals surface area contributed by atoms with Gasteiger partial charge in [-0.15, -0.1) is 0 Å². The molecule has 0 aromatic heterocycles. The van der Waals surface area contributed by atoms with E-state index >= 15 is 0 Å². The minimum absolute atomic E-state index is 0.173. The van der Waals surface area contributed by atoms with E-state index in [1.54, 1.807) is 13.2 Å². The van der Waals surface area contributed by atoms with E-state index in [-0.39, 0.29) is 19.3 Å². The smallest absolute Gasteiger partial charge is 0.231 e. The first-order chi connectivity index (χ1) is 13.7. The number of hydrogen-bond donors (Lipinski definition) is 1. The van der Waals surface area contributed by atoms with E-state index in [4.69, 9.17) is 23.7 Å². The summed E-state index contributed by atoms with van der Waals surface area (Å²) < 4.78 is 28.0. The molecule has 0 radical (unpaired) electrons. The molecule has 7 nitrogen and oxygen atoms in total. The van der Waals surface area contributed by atoms with E-state index < -0.39 is 0 Å². The number of anilines is 1. The molecule has 1 N–H and O–H groups in total. The fraction of sp³-hybridized carbons (Fsp3) is 0.238. The zero-order valence-electron chi connectivity index (χ0n) is 15.4. The number of benzene rings is 3. The van der Waals surface area contributed by atoms with E-state index in [0.29, 0.717) is 40.9 Å². The Balaban J connectivity index is 1.72. The van der Waals surface area contributed by atoms with E-state index in [0.717, 1.165) is 27.6 Å². The second-order valence-corrected chi connectivity index (χ2v) is 7.07. The van der Waals surface area contributed by atoms with Gasteiger partial charge >= 0.3 is 0 Å². The number of nitrogens with zero attached hydrogens (tertiary/aromatic N) is 1. The third-order valence-corrected chi connectivity index (χ3v) is 5.56. The molecule has 3 aromatic rings. The zero-order chi connectivity index (χ0) is 19.0. The van der Waals surface area contributed by atoms with Crippen LogP contribution in [0.5, 0.6) is 34.5 Å². The molecule has 3 heterocycles. The molecular weight excluding hydrogens is 362 g/mol. The van der Waals surface area contributed by atoms with Gasteiger partial charge in [0.2, 0.25) is 13.6 Å². The number of ether oxygens (including phenoxy) is 5. The average molecular weight is 379 g/mol. The maximum Gasteiger partial charge on any atom is 0.231 e. The van der Waals surface area contributed by atoms with Crippen LogP contribution in [-0.2, 0) is 6.54 Å². The van der Waals surface area contributed by atoms with Crippen LogP contribution in [0.15, 0.2) is 24.3 Å². The predicted molar refractivity (Wildman–Crippen MR) is 102 cm³/mol. The summed E-state index contributed by atoms with van der Waals surface area (Å²) in [5.74, 6) is 3.58. The molecule has 0 saturated heterocycles. The van der Waals surface area contributed by atoms with Gasteiger partial charge in [-0.05, 0) is 23.6 Å². The van der Waals surface area contributed by atoms with Gasteiger partial charge in [0.05, 0.1) is 18.4 Å². The molecule has 0 atom stereocenters. The number of fused-ring (bicyclic) bond motifs is 8. The van der Waals surface area contributed by atoms with Gasteiger partial charge in [-0.2, -0.15) is 0 Å². The van der Waals surface area contributed by atoms with Gasteiger partial charge in [-0.25, -0.2) is 0 Å². The summed E-state index contributed by atoms with van der Waals surface area (Å²) in [5, 5.41) is 12.9. The van der Waals surface area contributed by atoms with Crippen LogP contribution in [0.3, 0.4) is 0 Å². The Labute approximate surface area is 160 Å². The van der Waals surface area contributed by atoms with Gasteiger partial charge in [-0.1, -0.05) is 0 Å². The molecular formula is C21H17NO6. The SMILES string of the molecule is COc1cc2c(c3c1-c1c(O)cc4cc5c(cc4c1N(C)C3)OCO5)OCO2. The third kappa shape index (κ3) is 1.88. The molecule has 7 heteroatoms. The highest BCUT2D eigenvalue weighted by Gasteiger charge is 2.34. The summed E-state index contributed by atoms with van der Waals surface area (Å²) in [6, 6.07) is 7.44. The largest absolute Gasteiger partial charge is 0.507 e. The monoisotopic (exact) mass is 379 g/mol. The second kappa shape index (κ2) is 5.28. The van der Waals surface area contributed by atoms with Crippen molar-refractivity contribution in [3.8, 4) is 45.6 Å². The molecule has 142 valence electrons. The Kier molecular flexibility index (Phi) is 2.94. The van der Waals surface area contributed by atoms with E-state index in [1.165, 1.54) is 0 Å². The average Bonchev–Trinajstić information content (AvgIpc) is 3.34. The molecule has 0 amide bonds. The van der Waals surface area contributed by atoms with E-state index in [2.05, 4.69) is 4.90 Å². The topological polar surface area (TPSA) is 69.6 Å². The number of methoxy groups -OCH3 is 1. The van der Waals surface area contributed by atoms with Gasteiger partial charge in [0.15, 0.2) is 23.0 Å². The molecule has 0 bridgehead atoms. The van der Waals surface area contributed by atoms with Gasteiger partial charge in [-0.3, -0.25) is 0 Å². The zero-order valence-corrected chi connectivity index (χ0v) is 15.4. The quantitative estimate of drug-likeness (QED) is 0.692. The van der Waals surface area contributed by atoms with Crippen molar-refractivity contribution < 1.29 is 28.8 Å². The Hall–Kier alpha value is -3.48. The molecule has 28 heavy (non-hydrogen) atoms. The summed E-state index contributed by atoms with van der Waals surface area (Å²) in [6.45, 7) is 0.979. The lowest BCUT2D eigenvalue weighted by atomic mass is 9.88. The molecule has 6 rings (SSSR count). The Morgan fingerprint density at radius 3 is 2.50 bits per heavy atom. The normalized spacial score (nSPS) is 15.6. The number of aromatic hydroxyl groups is 1. The fourth-order valence-corrected chi connectivity index (χ4v) is 4.39. The second-order valence-electron chi connectivity index (χ2n) is 7.07. The van der Waals surface area contributed by atoms with Crippen LogP contribution < -0.4 is 28.6 Å². The summed E-state index contributed by atoms with van der Waals surface area (Å²) in [6.07, 6.45) is 0. The van der Waals surface area contributed by atoms with Crippen molar-refractivity contribution in [3.05, 3.63) is 29.8 Å². The van der Waals surface area contributed by atoms with Crippen molar-refractivity contribution >= 4 is 16.5 Å². The Morgan fingerprint density at radius 1 is 0.929 bits per heavy atom. The van der Waals surface area contributed by atoms with Crippen molar-refractivity contribution in [1.82, 2.24) is 0 Å². The van der Waals surface area contributed by atoms with Crippen molar-refractivity contribution in [2.75, 3.05) is 32.6 Å². The standard InChI is InChI=1S/C21H17NO6/c1-22-7-12-18(16(24-2)6-17-21(12)28-9-27-17)19-13(23)3-10-4-14-15(26-8-25-14)5-11(10)20(19)22/h3-6,23H,7-9H2,1-2H3. The van der Waals surface area contributed by atoms with Crippen LogP contribution in [0.2, 0.25) is 0 Å². The first-order valence-corrected chi connectivity index (χ1v) is 8.96. The van der Waals surface area contributed by atoms with E-state index in [1.807, 2.05) is 25.2 Å². The van der Waals surface area contributed by atoms with Crippen LogP contribution in [0.25, 0.3) is 21.9 Å². The number of hydrogen-bond acceptors (Lipinski definition) is 7. The molecule has 3 aromatic carbocycles. The summed E-state index contributed by atoms with van der Waals surface area (Å²) in [5.41, 5.74) is 3.40. The molecule has 0 spiro atoms. The fourth-order valence-electron chi connectivity index (χ4n) is 4.39. The number of phenolic OH excluding ortho intramolecular Hbond substituents is 1. The molecule has 0 fully saturated rings. The maximum absolute atomic E-state index is 11.0. The van der Waals surface area contributed by atoms with Gasteiger partial charge in [0.1, 0.15) is 11.5 Å². The van der Waals surface area contributed by atoms with Crippen LogP contribution in [0.1, 0.15) is 5.56 Å². The predicted octanol–water partition coefficient (Wildman–Crippen LogP) is 3.63. The highest BCUT2D eigenvalue weighted by Crippen LogP contribution is 2.56. The van der Waals surface area contributed by atoms with Crippen LogP contribution >= 0.6 is 0 Å². The van der Waals surface area contributed by atoms with Gasteiger partial charge in [0.25, 0.3) is 0 Å². The summed E-state index contributed by atoms with van der Waals surface area (Å²) in [4.78, 5) is 2.10. The lowest BCUT2D eigenvalue weighted by Crippen LogP contribution is -2.22. The summed E-state index contributed by atoms with van der Waals surface area (Å²) in [7, 11) is 3.61. The minimum atomic E-state index is 0.173. The lowest BCUT2D eigenvalue weighted by molar-refractivity contribution is 0.173. The Bertz CT molecular complexity index is 1170. The van der Waals surface area contributed by atoms with Crippen molar-refractivity contribution in [3.63, 3.8) is 0 Å². The highest BCUT2D eigenvalue weighted by atomic mass is 16.7. The van der Waals surface area contributed by atoms with Crippen molar-refractivity contribution in [2.45, 2.75) is 6.54 Å².